The first kappa shape index (κ1) is 16.7. The van der Waals surface area contributed by atoms with Gasteiger partial charge in [0, 0.05) is 35.8 Å². The Bertz CT molecular complexity index is 966. The van der Waals surface area contributed by atoms with E-state index in [1.165, 1.54) is 12.1 Å². The Kier molecular flexibility index (Phi) is 4.16. The molecular weight excluding hydrogens is 336 g/mol. The first-order chi connectivity index (χ1) is 12.6. The molecule has 1 aromatic carbocycles. The second-order valence-electron chi connectivity index (χ2n) is 6.60. The van der Waals surface area contributed by atoms with Gasteiger partial charge in [0.2, 0.25) is 0 Å². The Morgan fingerprint density at radius 1 is 1.12 bits per heavy atom. The zero-order valence-corrected chi connectivity index (χ0v) is 14.1. The number of hydrogen-bond donors (Lipinski definition) is 3. The van der Waals surface area contributed by atoms with Crippen LogP contribution in [0.4, 0.5) is 14.5 Å². The summed E-state index contributed by atoms with van der Waals surface area (Å²) >= 11 is 0. The van der Waals surface area contributed by atoms with Crippen molar-refractivity contribution in [2.45, 2.75) is 18.8 Å². The zero-order valence-electron chi connectivity index (χ0n) is 14.1. The van der Waals surface area contributed by atoms with Crippen molar-refractivity contribution >= 4 is 17.5 Å². The van der Waals surface area contributed by atoms with Gasteiger partial charge in [-0.1, -0.05) is 0 Å². The van der Waals surface area contributed by atoms with E-state index in [4.69, 9.17) is 11.1 Å². The van der Waals surface area contributed by atoms with Crippen molar-refractivity contribution in [3.05, 3.63) is 53.5 Å². The topological polar surface area (TPSA) is 79.2 Å². The van der Waals surface area contributed by atoms with Gasteiger partial charge in [0.15, 0.2) is 11.5 Å². The van der Waals surface area contributed by atoms with Crippen LogP contribution in [-0.4, -0.2) is 28.7 Å². The van der Waals surface area contributed by atoms with Gasteiger partial charge in [-0.05, 0) is 49.7 Å². The number of halogens is 2. The van der Waals surface area contributed by atoms with Crippen molar-refractivity contribution in [1.29, 1.82) is 5.41 Å². The minimum Gasteiger partial charge on any atom is -0.398 e. The van der Waals surface area contributed by atoms with E-state index >= 15 is 0 Å². The number of imidazole rings is 1. The maximum Gasteiger partial charge on any atom is 0.173 e. The number of nitrogens with one attached hydrogen (secondary N) is 2. The van der Waals surface area contributed by atoms with E-state index in [9.17, 15) is 8.78 Å². The molecule has 1 saturated heterocycles. The van der Waals surface area contributed by atoms with Crippen LogP contribution in [0.15, 0.2) is 30.6 Å². The van der Waals surface area contributed by atoms with Crippen molar-refractivity contribution < 1.29 is 8.78 Å². The van der Waals surface area contributed by atoms with Gasteiger partial charge in [-0.2, -0.15) is 0 Å². The van der Waals surface area contributed by atoms with Gasteiger partial charge in [-0.15, -0.1) is 0 Å². The molecule has 0 saturated carbocycles. The van der Waals surface area contributed by atoms with Crippen LogP contribution >= 0.6 is 0 Å². The highest BCUT2D eigenvalue weighted by Gasteiger charge is 2.20. The molecule has 134 valence electrons. The minimum absolute atomic E-state index is 0.0334. The van der Waals surface area contributed by atoms with Crippen molar-refractivity contribution in [3.8, 4) is 11.1 Å². The molecular formula is C19H19F2N5. The van der Waals surface area contributed by atoms with Crippen LogP contribution in [0.25, 0.3) is 16.8 Å². The molecule has 3 aromatic rings. The fraction of sp³-hybridized carbons (Fsp3) is 0.263. The molecule has 0 aliphatic carbocycles. The van der Waals surface area contributed by atoms with Gasteiger partial charge in [-0.25, -0.2) is 13.8 Å². The quantitative estimate of drug-likeness (QED) is 0.498. The molecule has 2 aromatic heterocycles. The fourth-order valence-corrected chi connectivity index (χ4v) is 3.51. The standard InChI is InChI=1S/C19H19F2N5/c20-15-5-12(7-17(23)14(15)8-22)13-6-16(21)19-25-18(10-26(19)9-13)11-1-3-24-4-2-11/h5-11,22,24H,1-4,23H2. The van der Waals surface area contributed by atoms with Crippen LogP contribution in [0.2, 0.25) is 0 Å². The molecule has 0 atom stereocenters. The van der Waals surface area contributed by atoms with Crippen LogP contribution in [-0.2, 0) is 0 Å². The lowest BCUT2D eigenvalue weighted by Crippen LogP contribution is -2.26. The van der Waals surface area contributed by atoms with Crippen LogP contribution in [0, 0.1) is 17.0 Å². The third kappa shape index (κ3) is 2.84. The van der Waals surface area contributed by atoms with Gasteiger partial charge < -0.3 is 20.9 Å². The van der Waals surface area contributed by atoms with Gasteiger partial charge in [0.05, 0.1) is 11.3 Å². The largest absolute Gasteiger partial charge is 0.398 e. The molecule has 0 radical (unpaired) electrons. The summed E-state index contributed by atoms with van der Waals surface area (Å²) in [5, 5.41) is 10.5. The molecule has 4 rings (SSSR count). The van der Waals surface area contributed by atoms with E-state index in [1.54, 1.807) is 16.7 Å². The summed E-state index contributed by atoms with van der Waals surface area (Å²) in [6.45, 7) is 1.87. The predicted octanol–water partition coefficient (Wildman–Crippen LogP) is 3.33. The van der Waals surface area contributed by atoms with Gasteiger partial charge in [-0.3, -0.25) is 0 Å². The van der Waals surface area contributed by atoms with Crippen LogP contribution < -0.4 is 11.1 Å². The van der Waals surface area contributed by atoms with E-state index in [-0.39, 0.29) is 16.9 Å². The van der Waals surface area contributed by atoms with Crippen molar-refractivity contribution in [1.82, 2.24) is 14.7 Å². The van der Waals surface area contributed by atoms with Crippen LogP contribution in [0.1, 0.15) is 30.0 Å². The number of rotatable bonds is 3. The molecule has 4 N–H and O–H groups in total. The second-order valence-corrected chi connectivity index (χ2v) is 6.60. The van der Waals surface area contributed by atoms with Crippen molar-refractivity contribution in [3.63, 3.8) is 0 Å². The number of fused-ring (bicyclic) bond motifs is 1. The summed E-state index contributed by atoms with van der Waals surface area (Å²) in [5.74, 6) is -0.742. The van der Waals surface area contributed by atoms with Gasteiger partial charge >= 0.3 is 0 Å². The molecule has 3 heterocycles. The molecule has 0 unspecified atom stereocenters. The number of piperidine rings is 1. The van der Waals surface area contributed by atoms with E-state index in [0.717, 1.165) is 37.8 Å². The molecule has 1 fully saturated rings. The molecule has 0 spiro atoms. The number of nitrogens with two attached hydrogens (primary N) is 1. The molecule has 0 bridgehead atoms. The number of aromatic nitrogens is 2. The monoisotopic (exact) mass is 355 g/mol. The van der Waals surface area contributed by atoms with E-state index < -0.39 is 11.6 Å². The molecule has 5 nitrogen and oxygen atoms in total. The zero-order chi connectivity index (χ0) is 18.3. The summed E-state index contributed by atoms with van der Waals surface area (Å²) in [7, 11) is 0. The lowest BCUT2D eigenvalue weighted by molar-refractivity contribution is 0.454. The average Bonchev–Trinajstić information content (AvgIpc) is 3.07. The van der Waals surface area contributed by atoms with Crippen molar-refractivity contribution in [2.24, 2.45) is 0 Å². The minimum atomic E-state index is -0.600. The number of nitrogens with zero attached hydrogens (tertiary/aromatic N) is 2. The summed E-state index contributed by atoms with van der Waals surface area (Å²) in [5.41, 5.74) is 8.11. The lowest BCUT2D eigenvalue weighted by Gasteiger charge is -2.20. The normalized spacial score (nSPS) is 15.5. The number of benzene rings is 1. The third-order valence-corrected chi connectivity index (χ3v) is 4.92. The van der Waals surface area contributed by atoms with Crippen LogP contribution in [0.5, 0.6) is 0 Å². The van der Waals surface area contributed by atoms with E-state index in [1.807, 2.05) is 6.20 Å². The first-order valence-electron chi connectivity index (χ1n) is 8.55. The first-order valence-corrected chi connectivity index (χ1v) is 8.55. The van der Waals surface area contributed by atoms with E-state index in [2.05, 4.69) is 10.3 Å². The Morgan fingerprint density at radius 3 is 2.54 bits per heavy atom. The Labute approximate surface area is 149 Å². The number of nitrogen functional groups attached to an aromatic ring is 1. The fourth-order valence-electron chi connectivity index (χ4n) is 3.51. The number of pyridine rings is 1. The molecule has 1 aliphatic rings. The summed E-state index contributed by atoms with van der Waals surface area (Å²) in [4.78, 5) is 4.46. The second kappa shape index (κ2) is 6.49. The number of hydrogen-bond acceptors (Lipinski definition) is 4. The maximum atomic E-state index is 14.6. The summed E-state index contributed by atoms with van der Waals surface area (Å²) < 4.78 is 30.4. The molecule has 1 aliphatic heterocycles. The molecule has 7 heteroatoms. The van der Waals surface area contributed by atoms with Crippen molar-refractivity contribution in [2.75, 3.05) is 18.8 Å². The van der Waals surface area contributed by atoms with Gasteiger partial charge in [0.1, 0.15) is 5.82 Å². The maximum absolute atomic E-state index is 14.6. The predicted molar refractivity (Wildman–Crippen MR) is 97.7 cm³/mol. The molecule has 0 amide bonds. The van der Waals surface area contributed by atoms with E-state index in [0.29, 0.717) is 17.0 Å². The Balaban J connectivity index is 1.78. The Morgan fingerprint density at radius 2 is 1.85 bits per heavy atom. The summed E-state index contributed by atoms with van der Waals surface area (Å²) in [6.07, 6.45) is 6.41. The molecule has 26 heavy (non-hydrogen) atoms. The van der Waals surface area contributed by atoms with Crippen LogP contribution in [0.3, 0.4) is 0 Å². The average molecular weight is 355 g/mol. The SMILES string of the molecule is N=Cc1c(N)cc(-c2cc(F)c3nc(C4CCNCC4)cn3c2)cc1F. The highest BCUT2D eigenvalue weighted by atomic mass is 19.1. The lowest BCUT2D eigenvalue weighted by atomic mass is 9.95. The highest BCUT2D eigenvalue weighted by molar-refractivity contribution is 5.87. The highest BCUT2D eigenvalue weighted by Crippen LogP contribution is 2.29. The smallest absolute Gasteiger partial charge is 0.173 e. The Hall–Kier alpha value is -2.80. The summed E-state index contributed by atoms with van der Waals surface area (Å²) in [6, 6.07) is 4.16. The van der Waals surface area contributed by atoms with Gasteiger partial charge in [0.25, 0.3) is 0 Å². The third-order valence-electron chi connectivity index (χ3n) is 4.92. The number of anilines is 1.